The van der Waals surface area contributed by atoms with Gasteiger partial charge in [0.2, 0.25) is 4.80 Å². The molecule has 2 aromatic rings. The molecule has 1 aliphatic carbocycles. The normalized spacial score (nSPS) is 22.7. The molecule has 0 aliphatic heterocycles. The average Bonchev–Trinajstić information content (AvgIpc) is 2.84. The van der Waals surface area contributed by atoms with Gasteiger partial charge in [0.15, 0.2) is 0 Å². The van der Waals surface area contributed by atoms with Crippen molar-refractivity contribution in [2.75, 3.05) is 0 Å². The fourth-order valence-electron chi connectivity index (χ4n) is 2.72. The van der Waals surface area contributed by atoms with Crippen LogP contribution in [0.4, 0.5) is 4.79 Å². The number of hydrogen-bond donors (Lipinski definition) is 3. The van der Waals surface area contributed by atoms with E-state index in [0.717, 1.165) is 40.7 Å². The number of rotatable bonds is 2. The molecule has 1 aromatic carbocycles. The monoisotopic (exact) mass is 320 g/mol. The van der Waals surface area contributed by atoms with Gasteiger partial charge in [-0.1, -0.05) is 23.5 Å². The van der Waals surface area contributed by atoms with Crippen molar-refractivity contribution in [3.05, 3.63) is 29.1 Å². The lowest BCUT2D eigenvalue weighted by Crippen LogP contribution is -2.43. The molecule has 0 bridgehead atoms. The highest BCUT2D eigenvalue weighted by Gasteiger charge is 2.20. The molecule has 1 heterocycles. The van der Waals surface area contributed by atoms with Gasteiger partial charge in [-0.15, -0.1) is 5.10 Å². The van der Waals surface area contributed by atoms with Gasteiger partial charge in [-0.25, -0.2) is 10.2 Å². The van der Waals surface area contributed by atoms with Crippen molar-refractivity contribution in [1.82, 2.24) is 15.3 Å². The molecule has 0 radical (unpaired) electrons. The van der Waals surface area contributed by atoms with Crippen molar-refractivity contribution in [3.8, 4) is 0 Å². The van der Waals surface area contributed by atoms with E-state index in [4.69, 9.17) is 0 Å². The Labute approximate surface area is 132 Å². The van der Waals surface area contributed by atoms with Crippen molar-refractivity contribution >= 4 is 27.6 Å². The van der Waals surface area contributed by atoms with Gasteiger partial charge in [-0.2, -0.15) is 0 Å². The van der Waals surface area contributed by atoms with E-state index in [2.05, 4.69) is 15.8 Å². The quantitative estimate of drug-likeness (QED) is 0.736. The van der Waals surface area contributed by atoms with E-state index in [1.165, 1.54) is 11.3 Å². The van der Waals surface area contributed by atoms with E-state index in [1.807, 2.05) is 35.9 Å². The van der Waals surface area contributed by atoms with Crippen LogP contribution < -0.4 is 15.5 Å². The minimum absolute atomic E-state index is 0.120. The van der Waals surface area contributed by atoms with Gasteiger partial charge < -0.3 is 15.0 Å². The molecule has 0 saturated heterocycles. The Morgan fingerprint density at radius 2 is 2.05 bits per heavy atom. The summed E-state index contributed by atoms with van der Waals surface area (Å²) in [7, 11) is 1.93. The Morgan fingerprint density at radius 1 is 1.32 bits per heavy atom. The van der Waals surface area contributed by atoms with Crippen molar-refractivity contribution in [2.45, 2.75) is 37.8 Å². The molecule has 6 nitrogen and oxygen atoms in total. The molecule has 1 saturated carbocycles. The molecular formula is C15H20N4O2S. The number of carbonyl (C=O) groups excluding carboxylic acids is 1. The van der Waals surface area contributed by atoms with Gasteiger partial charge in [0.1, 0.15) is 0 Å². The summed E-state index contributed by atoms with van der Waals surface area (Å²) in [6, 6.07) is 7.86. The second kappa shape index (κ2) is 6.50. The number of carbonyl (C=O) groups is 1. The topological polar surface area (TPSA) is 78.7 Å². The maximum Gasteiger partial charge on any atom is 0.335 e. The van der Waals surface area contributed by atoms with Crippen LogP contribution in [-0.2, 0) is 7.05 Å². The number of nitrogens with zero attached hydrogens (tertiary/aromatic N) is 2. The smallest absolute Gasteiger partial charge is 0.335 e. The molecule has 2 amide bonds. The molecule has 3 rings (SSSR count). The fourth-order valence-corrected chi connectivity index (χ4v) is 3.70. The van der Waals surface area contributed by atoms with Crippen LogP contribution in [0.3, 0.4) is 0 Å². The summed E-state index contributed by atoms with van der Waals surface area (Å²) in [6.07, 6.45) is 2.89. The zero-order valence-corrected chi connectivity index (χ0v) is 13.3. The van der Waals surface area contributed by atoms with Crippen molar-refractivity contribution in [3.63, 3.8) is 0 Å². The van der Waals surface area contributed by atoms with Crippen LogP contribution in [0.2, 0.25) is 0 Å². The summed E-state index contributed by atoms with van der Waals surface area (Å²) in [5, 5.41) is 16.6. The zero-order chi connectivity index (χ0) is 15.5. The second-order valence-electron chi connectivity index (χ2n) is 5.61. The van der Waals surface area contributed by atoms with Crippen LogP contribution in [0, 0.1) is 0 Å². The minimum atomic E-state index is -0.293. The molecule has 0 spiro atoms. The van der Waals surface area contributed by atoms with Crippen LogP contribution in [0.25, 0.3) is 10.2 Å². The number of urea groups is 1. The van der Waals surface area contributed by atoms with E-state index in [9.17, 15) is 9.90 Å². The lowest BCUT2D eigenvalue weighted by molar-refractivity contribution is 0.117. The molecule has 22 heavy (non-hydrogen) atoms. The van der Waals surface area contributed by atoms with Crippen molar-refractivity contribution in [2.24, 2.45) is 12.1 Å². The van der Waals surface area contributed by atoms with Gasteiger partial charge >= 0.3 is 6.03 Å². The third kappa shape index (κ3) is 3.31. The number of aliphatic hydroxyl groups excluding tert-OH is 1. The molecule has 0 unspecified atom stereocenters. The Morgan fingerprint density at radius 3 is 2.77 bits per heavy atom. The Balaban J connectivity index is 1.65. The van der Waals surface area contributed by atoms with Crippen LogP contribution in [0.5, 0.6) is 0 Å². The first-order chi connectivity index (χ1) is 10.6. The third-order valence-corrected chi connectivity index (χ3v) is 5.11. The van der Waals surface area contributed by atoms with Crippen molar-refractivity contribution in [1.29, 1.82) is 0 Å². The highest BCUT2D eigenvalue weighted by molar-refractivity contribution is 7.16. The van der Waals surface area contributed by atoms with Crippen LogP contribution in [0.15, 0.2) is 29.4 Å². The van der Waals surface area contributed by atoms with Gasteiger partial charge in [0, 0.05) is 13.1 Å². The largest absolute Gasteiger partial charge is 0.393 e. The molecular weight excluding hydrogens is 300 g/mol. The number of aliphatic hydroxyl groups is 1. The van der Waals surface area contributed by atoms with Crippen LogP contribution in [-0.4, -0.2) is 27.9 Å². The molecule has 0 atom stereocenters. The number of nitrogens with one attached hydrogen (secondary N) is 2. The first-order valence-corrected chi connectivity index (χ1v) is 8.28. The van der Waals surface area contributed by atoms with Gasteiger partial charge in [-0.05, 0) is 37.8 Å². The summed E-state index contributed by atoms with van der Waals surface area (Å²) in [6.45, 7) is 0. The summed E-state index contributed by atoms with van der Waals surface area (Å²) in [5.41, 5.74) is 3.65. The second-order valence-corrected chi connectivity index (χ2v) is 6.62. The maximum atomic E-state index is 11.9. The van der Waals surface area contributed by atoms with Crippen LogP contribution >= 0.6 is 11.3 Å². The molecule has 3 N–H and O–H groups in total. The molecule has 1 aliphatic rings. The predicted molar refractivity (Wildman–Crippen MR) is 86.3 cm³/mol. The minimum Gasteiger partial charge on any atom is -0.393 e. The number of aryl methyl sites for hydroxylation is 1. The Hall–Kier alpha value is -1.86. The van der Waals surface area contributed by atoms with Gasteiger partial charge in [0.05, 0.1) is 16.3 Å². The Bertz CT molecular complexity index is 728. The molecule has 1 fully saturated rings. The number of amides is 2. The van der Waals surface area contributed by atoms with Gasteiger partial charge in [-0.3, -0.25) is 0 Å². The zero-order valence-electron chi connectivity index (χ0n) is 12.5. The number of benzene rings is 1. The summed E-state index contributed by atoms with van der Waals surface area (Å²) in [4.78, 5) is 12.7. The summed E-state index contributed by atoms with van der Waals surface area (Å²) in [5.74, 6) is 0. The van der Waals surface area contributed by atoms with E-state index in [1.54, 1.807) is 0 Å². The maximum absolute atomic E-state index is 11.9. The first kappa shape index (κ1) is 15.1. The molecule has 118 valence electrons. The summed E-state index contributed by atoms with van der Waals surface area (Å²) >= 11 is 1.53. The third-order valence-electron chi connectivity index (χ3n) is 4.00. The first-order valence-electron chi connectivity index (χ1n) is 7.46. The standard InChI is InChI=1S/C15H20N4O2S/c1-19-12-4-2-3-5-13(12)22-15(19)18-17-14(21)16-10-6-8-11(20)9-7-10/h2-5,10-11,20H,6-9H2,1H3,(H2,16,17,21). The Kier molecular flexibility index (Phi) is 4.44. The predicted octanol–water partition coefficient (Wildman–Crippen LogP) is 1.66. The van der Waals surface area contributed by atoms with Crippen LogP contribution in [0.1, 0.15) is 25.7 Å². The number of thiazole rings is 1. The van der Waals surface area contributed by atoms with Crippen molar-refractivity contribution < 1.29 is 9.90 Å². The highest BCUT2D eigenvalue weighted by atomic mass is 32.1. The van der Waals surface area contributed by atoms with E-state index in [0.29, 0.717) is 0 Å². The van der Waals surface area contributed by atoms with E-state index in [-0.39, 0.29) is 18.2 Å². The molecule has 7 heteroatoms. The van der Waals surface area contributed by atoms with E-state index < -0.39 is 0 Å². The van der Waals surface area contributed by atoms with Gasteiger partial charge in [0.25, 0.3) is 0 Å². The fraction of sp³-hybridized carbons (Fsp3) is 0.467. The van der Waals surface area contributed by atoms with E-state index >= 15 is 0 Å². The molecule has 1 aromatic heterocycles. The average molecular weight is 320 g/mol. The highest BCUT2D eigenvalue weighted by Crippen LogP contribution is 2.18. The summed E-state index contributed by atoms with van der Waals surface area (Å²) < 4.78 is 3.09. The number of fused-ring (bicyclic) bond motifs is 1. The lowest BCUT2D eigenvalue weighted by atomic mass is 9.93. The number of hydrogen-bond acceptors (Lipinski definition) is 4. The number of para-hydroxylation sites is 1. The SMILES string of the molecule is Cn1c(=NNC(=O)NC2CCC(O)CC2)sc2ccccc21. The number of aromatic nitrogens is 1. The lowest BCUT2D eigenvalue weighted by Gasteiger charge is -2.25.